The predicted molar refractivity (Wildman–Crippen MR) is 74.3 cm³/mol. The molecule has 0 bridgehead atoms. The maximum Gasteiger partial charge on any atom is 0.221 e. The van der Waals surface area contributed by atoms with Crippen molar-refractivity contribution in [1.29, 1.82) is 0 Å². The van der Waals surface area contributed by atoms with Crippen LogP contribution in [0, 0.1) is 6.92 Å². The first-order valence-electron chi connectivity index (χ1n) is 6.28. The van der Waals surface area contributed by atoms with Gasteiger partial charge in [-0.05, 0) is 25.0 Å². The van der Waals surface area contributed by atoms with Gasteiger partial charge < -0.3 is 10.1 Å². The topological polar surface area (TPSA) is 59.9 Å². The molecule has 5 heteroatoms. The zero-order valence-corrected chi connectivity index (χ0v) is 11.5. The van der Waals surface area contributed by atoms with Crippen molar-refractivity contribution in [2.24, 2.45) is 0 Å². The maximum absolute atomic E-state index is 5.18. The van der Waals surface area contributed by atoms with E-state index in [0.29, 0.717) is 12.4 Å². The Kier molecular flexibility index (Phi) is 4.28. The molecule has 2 aromatic rings. The molecule has 2 aromatic heterocycles. The summed E-state index contributed by atoms with van der Waals surface area (Å²) in [5, 5.41) is 3.29. The quantitative estimate of drug-likeness (QED) is 0.892. The molecule has 2 rings (SSSR count). The van der Waals surface area contributed by atoms with Crippen LogP contribution in [0.3, 0.4) is 0 Å². The van der Waals surface area contributed by atoms with Gasteiger partial charge in [-0.2, -0.15) is 0 Å². The molecule has 19 heavy (non-hydrogen) atoms. The van der Waals surface area contributed by atoms with E-state index in [1.807, 2.05) is 19.2 Å². The summed E-state index contributed by atoms with van der Waals surface area (Å²) in [6.07, 6.45) is 4.27. The van der Waals surface area contributed by atoms with E-state index in [1.54, 1.807) is 7.11 Å². The summed E-state index contributed by atoms with van der Waals surface area (Å²) in [6, 6.07) is 4.05. The van der Waals surface area contributed by atoms with Gasteiger partial charge in [-0.25, -0.2) is 9.97 Å². The Bertz CT molecular complexity index is 557. The largest absolute Gasteiger partial charge is 0.481 e. The number of pyridine rings is 1. The highest BCUT2D eigenvalue weighted by atomic mass is 16.5. The van der Waals surface area contributed by atoms with E-state index >= 15 is 0 Å². The van der Waals surface area contributed by atoms with E-state index in [9.17, 15) is 0 Å². The molecule has 0 aliphatic heterocycles. The molecule has 0 amide bonds. The second-order valence-electron chi connectivity index (χ2n) is 4.17. The Morgan fingerprint density at radius 3 is 2.84 bits per heavy atom. The van der Waals surface area contributed by atoms with E-state index in [-0.39, 0.29) is 0 Å². The smallest absolute Gasteiger partial charge is 0.221 e. The van der Waals surface area contributed by atoms with Crippen LogP contribution in [0.1, 0.15) is 23.7 Å². The van der Waals surface area contributed by atoms with Crippen LogP contribution in [0.5, 0.6) is 5.88 Å². The molecule has 1 N–H and O–H groups in total. The fourth-order valence-electron chi connectivity index (χ4n) is 1.94. The lowest BCUT2D eigenvalue weighted by atomic mass is 10.1. The minimum absolute atomic E-state index is 0.592. The molecular weight excluding hydrogens is 240 g/mol. The number of anilines is 1. The molecule has 0 aliphatic carbocycles. The van der Waals surface area contributed by atoms with Crippen LogP contribution in [-0.2, 0) is 13.0 Å². The Labute approximate surface area is 113 Å². The molecule has 0 aromatic carbocycles. The molecular formula is C14H18N4O. The van der Waals surface area contributed by atoms with Crippen molar-refractivity contribution in [3.05, 3.63) is 41.5 Å². The number of ether oxygens (including phenoxy) is 1. The van der Waals surface area contributed by atoms with Gasteiger partial charge in [-0.1, -0.05) is 13.0 Å². The van der Waals surface area contributed by atoms with Crippen LogP contribution in [0.25, 0.3) is 0 Å². The molecule has 0 spiro atoms. The first kappa shape index (κ1) is 13.3. The van der Waals surface area contributed by atoms with Crippen molar-refractivity contribution in [1.82, 2.24) is 15.0 Å². The van der Waals surface area contributed by atoms with Crippen LogP contribution in [0.4, 0.5) is 5.82 Å². The Hall–Kier alpha value is -2.17. The normalized spacial score (nSPS) is 10.3. The molecule has 0 atom stereocenters. The highest BCUT2D eigenvalue weighted by Crippen LogP contribution is 2.20. The van der Waals surface area contributed by atoms with Gasteiger partial charge in [0.1, 0.15) is 12.1 Å². The van der Waals surface area contributed by atoms with Gasteiger partial charge in [0.15, 0.2) is 0 Å². The molecule has 100 valence electrons. The summed E-state index contributed by atoms with van der Waals surface area (Å²) in [6.45, 7) is 4.70. The van der Waals surface area contributed by atoms with Crippen LogP contribution in [0.15, 0.2) is 24.7 Å². The molecule has 5 nitrogen and oxygen atoms in total. The summed E-state index contributed by atoms with van der Waals surface area (Å²) < 4.78 is 5.18. The summed E-state index contributed by atoms with van der Waals surface area (Å²) in [5.41, 5.74) is 3.19. The van der Waals surface area contributed by atoms with Crippen LogP contribution in [0.2, 0.25) is 0 Å². The predicted octanol–water partition coefficient (Wildman–Crippen LogP) is 2.36. The molecule has 2 heterocycles. The zero-order valence-electron chi connectivity index (χ0n) is 11.5. The SMILES string of the molecule is CCc1cccnc1CNc1ncnc(OC)c1C. The third-order valence-corrected chi connectivity index (χ3v) is 3.02. The molecule has 0 saturated carbocycles. The lowest BCUT2D eigenvalue weighted by Crippen LogP contribution is -2.08. The third-order valence-electron chi connectivity index (χ3n) is 3.02. The first-order chi connectivity index (χ1) is 9.26. The number of aryl methyl sites for hydroxylation is 1. The second kappa shape index (κ2) is 6.13. The summed E-state index contributed by atoms with van der Waals surface area (Å²) >= 11 is 0. The zero-order chi connectivity index (χ0) is 13.7. The number of nitrogens with one attached hydrogen (secondary N) is 1. The van der Waals surface area contributed by atoms with Crippen molar-refractivity contribution in [3.8, 4) is 5.88 Å². The van der Waals surface area contributed by atoms with Gasteiger partial charge in [0.25, 0.3) is 0 Å². The number of hydrogen-bond acceptors (Lipinski definition) is 5. The van der Waals surface area contributed by atoms with E-state index in [4.69, 9.17) is 4.74 Å². The summed E-state index contributed by atoms with van der Waals surface area (Å²) in [4.78, 5) is 12.7. The first-order valence-corrected chi connectivity index (χ1v) is 6.28. The summed E-state index contributed by atoms with van der Waals surface area (Å²) in [5.74, 6) is 1.37. The Morgan fingerprint density at radius 2 is 2.11 bits per heavy atom. The highest BCUT2D eigenvalue weighted by Gasteiger charge is 2.08. The minimum atomic E-state index is 0.592. The highest BCUT2D eigenvalue weighted by molar-refractivity contribution is 5.47. The fourth-order valence-corrected chi connectivity index (χ4v) is 1.94. The van der Waals surface area contributed by atoms with Crippen molar-refractivity contribution in [2.45, 2.75) is 26.8 Å². The van der Waals surface area contributed by atoms with Gasteiger partial charge in [0, 0.05) is 6.20 Å². The van der Waals surface area contributed by atoms with Crippen molar-refractivity contribution in [3.63, 3.8) is 0 Å². The van der Waals surface area contributed by atoms with Crippen molar-refractivity contribution < 1.29 is 4.74 Å². The number of nitrogens with zero attached hydrogens (tertiary/aromatic N) is 3. The number of aromatic nitrogens is 3. The van der Waals surface area contributed by atoms with E-state index in [0.717, 1.165) is 23.5 Å². The monoisotopic (exact) mass is 258 g/mol. The molecule has 0 fully saturated rings. The average Bonchev–Trinajstić information content (AvgIpc) is 2.46. The molecule has 0 saturated heterocycles. The Balaban J connectivity index is 2.15. The average molecular weight is 258 g/mol. The van der Waals surface area contributed by atoms with Gasteiger partial charge in [-0.15, -0.1) is 0 Å². The van der Waals surface area contributed by atoms with Gasteiger partial charge >= 0.3 is 0 Å². The third kappa shape index (κ3) is 2.99. The van der Waals surface area contributed by atoms with Crippen LogP contribution in [-0.4, -0.2) is 22.1 Å². The van der Waals surface area contributed by atoms with E-state index in [2.05, 4.69) is 33.3 Å². The minimum Gasteiger partial charge on any atom is -0.481 e. The summed E-state index contributed by atoms with van der Waals surface area (Å²) in [7, 11) is 1.60. The van der Waals surface area contributed by atoms with Crippen molar-refractivity contribution in [2.75, 3.05) is 12.4 Å². The lowest BCUT2D eigenvalue weighted by Gasteiger charge is -2.11. The van der Waals surface area contributed by atoms with Crippen LogP contribution >= 0.6 is 0 Å². The van der Waals surface area contributed by atoms with Gasteiger partial charge in [0.2, 0.25) is 5.88 Å². The maximum atomic E-state index is 5.18. The number of hydrogen-bond donors (Lipinski definition) is 1. The van der Waals surface area contributed by atoms with Crippen LogP contribution < -0.4 is 10.1 Å². The van der Waals surface area contributed by atoms with Gasteiger partial charge in [0.05, 0.1) is 24.9 Å². The second-order valence-corrected chi connectivity index (χ2v) is 4.17. The number of rotatable bonds is 5. The van der Waals surface area contributed by atoms with E-state index in [1.165, 1.54) is 11.9 Å². The standard InChI is InChI=1S/C14H18N4O/c1-4-11-6-5-7-15-12(11)8-16-13-10(2)14(19-3)18-9-17-13/h5-7,9H,4,8H2,1-3H3,(H,16,17,18). The van der Waals surface area contributed by atoms with Crippen molar-refractivity contribution >= 4 is 5.82 Å². The Morgan fingerprint density at radius 1 is 1.26 bits per heavy atom. The molecule has 0 unspecified atom stereocenters. The fraction of sp³-hybridized carbons (Fsp3) is 0.357. The lowest BCUT2D eigenvalue weighted by molar-refractivity contribution is 0.393. The molecule has 0 radical (unpaired) electrons. The van der Waals surface area contributed by atoms with Gasteiger partial charge in [-0.3, -0.25) is 4.98 Å². The van der Waals surface area contributed by atoms with E-state index < -0.39 is 0 Å². The molecule has 0 aliphatic rings. The number of methoxy groups -OCH3 is 1.